The Labute approximate surface area is 106 Å². The van der Waals surface area contributed by atoms with E-state index < -0.39 is 0 Å². The molecular formula is C12H18N2O2S. The molecule has 2 rings (SSSR count). The summed E-state index contributed by atoms with van der Waals surface area (Å²) in [5.74, 6) is 0.139. The first kappa shape index (κ1) is 12.5. The second kappa shape index (κ2) is 6.14. The largest absolute Gasteiger partial charge is 0.378 e. The van der Waals surface area contributed by atoms with Crippen LogP contribution >= 0.6 is 11.3 Å². The molecule has 5 heteroatoms. The van der Waals surface area contributed by atoms with E-state index in [0.717, 1.165) is 13.1 Å². The number of hydrogen-bond donors (Lipinski definition) is 1. The zero-order chi connectivity index (χ0) is 12.1. The molecular weight excluding hydrogens is 236 g/mol. The lowest BCUT2D eigenvalue weighted by atomic mass is 10.2. The third kappa shape index (κ3) is 3.28. The molecule has 94 valence electrons. The summed E-state index contributed by atoms with van der Waals surface area (Å²) >= 11 is 1.69. The summed E-state index contributed by atoms with van der Waals surface area (Å²) in [7, 11) is 0. The predicted molar refractivity (Wildman–Crippen MR) is 68.0 cm³/mol. The molecule has 0 saturated carbocycles. The van der Waals surface area contributed by atoms with Gasteiger partial charge in [0.1, 0.15) is 6.04 Å². The highest BCUT2D eigenvalue weighted by Gasteiger charge is 2.25. The van der Waals surface area contributed by atoms with Gasteiger partial charge >= 0.3 is 0 Å². The highest BCUT2D eigenvalue weighted by molar-refractivity contribution is 7.09. The highest BCUT2D eigenvalue weighted by atomic mass is 32.1. The van der Waals surface area contributed by atoms with Gasteiger partial charge in [-0.05, 0) is 18.4 Å². The van der Waals surface area contributed by atoms with Crippen LogP contribution in [0, 0.1) is 0 Å². The van der Waals surface area contributed by atoms with E-state index in [2.05, 4.69) is 11.4 Å². The quantitative estimate of drug-likeness (QED) is 0.874. The number of likely N-dealkylation sites (N-methyl/N-ethyl adjacent to an activating group) is 1. The monoisotopic (exact) mass is 254 g/mol. The van der Waals surface area contributed by atoms with Gasteiger partial charge < -0.3 is 15.0 Å². The number of morpholine rings is 1. The van der Waals surface area contributed by atoms with Gasteiger partial charge in [-0.3, -0.25) is 4.79 Å². The minimum Gasteiger partial charge on any atom is -0.378 e. The van der Waals surface area contributed by atoms with E-state index in [1.165, 1.54) is 4.88 Å². The predicted octanol–water partition coefficient (Wildman–Crippen LogP) is 1.08. The Morgan fingerprint density at radius 3 is 3.18 bits per heavy atom. The van der Waals surface area contributed by atoms with Crippen LogP contribution in [0.25, 0.3) is 0 Å². The molecule has 1 atom stereocenters. The maximum Gasteiger partial charge on any atom is 0.242 e. The lowest BCUT2D eigenvalue weighted by molar-refractivity contribution is -0.136. The van der Waals surface area contributed by atoms with Crippen LogP contribution in [0.5, 0.6) is 0 Å². The molecule has 1 fully saturated rings. The molecule has 1 N–H and O–H groups in total. The zero-order valence-electron chi connectivity index (χ0n) is 10.0. The highest BCUT2D eigenvalue weighted by Crippen LogP contribution is 2.13. The molecule has 0 aromatic carbocycles. The summed E-state index contributed by atoms with van der Waals surface area (Å²) in [4.78, 5) is 15.3. The van der Waals surface area contributed by atoms with Crippen LogP contribution in [0.15, 0.2) is 17.5 Å². The number of hydrogen-bond acceptors (Lipinski definition) is 4. The Balaban J connectivity index is 1.94. The average molecular weight is 254 g/mol. The number of carbonyl (C=O) groups excluding carboxylic acids is 1. The summed E-state index contributed by atoms with van der Waals surface area (Å²) in [6, 6.07) is 3.90. The average Bonchev–Trinajstić information content (AvgIpc) is 2.89. The van der Waals surface area contributed by atoms with Gasteiger partial charge in [-0.2, -0.15) is 0 Å². The van der Waals surface area contributed by atoms with Gasteiger partial charge in [-0.25, -0.2) is 0 Å². The van der Waals surface area contributed by atoms with Gasteiger partial charge in [0.2, 0.25) is 5.91 Å². The van der Waals surface area contributed by atoms with Gasteiger partial charge in [0.05, 0.1) is 19.8 Å². The van der Waals surface area contributed by atoms with Crippen molar-refractivity contribution < 1.29 is 9.53 Å². The minimum atomic E-state index is -0.177. The summed E-state index contributed by atoms with van der Waals surface area (Å²) in [5, 5.41) is 5.24. The molecule has 17 heavy (non-hydrogen) atoms. The molecule has 0 bridgehead atoms. The van der Waals surface area contributed by atoms with Crippen molar-refractivity contribution in [2.75, 3.05) is 26.3 Å². The van der Waals surface area contributed by atoms with Crippen molar-refractivity contribution in [1.29, 1.82) is 0 Å². The first-order valence-electron chi connectivity index (χ1n) is 5.93. The molecule has 1 amide bonds. The van der Waals surface area contributed by atoms with Crippen molar-refractivity contribution in [3.05, 3.63) is 22.4 Å². The zero-order valence-corrected chi connectivity index (χ0v) is 10.8. The summed E-state index contributed by atoms with van der Waals surface area (Å²) < 4.78 is 5.33. The molecule has 1 aromatic rings. The maximum atomic E-state index is 12.2. The molecule has 0 radical (unpaired) electrons. The number of nitrogens with zero attached hydrogens (tertiary/aromatic N) is 1. The van der Waals surface area contributed by atoms with Crippen LogP contribution in [0.3, 0.4) is 0 Å². The number of rotatable bonds is 4. The van der Waals surface area contributed by atoms with E-state index in [4.69, 9.17) is 4.74 Å². The summed E-state index contributed by atoms with van der Waals surface area (Å²) in [6.45, 7) is 5.38. The van der Waals surface area contributed by atoms with Gasteiger partial charge in [0.25, 0.3) is 0 Å². The molecule has 1 aromatic heterocycles. The van der Waals surface area contributed by atoms with Crippen molar-refractivity contribution in [2.45, 2.75) is 19.5 Å². The Morgan fingerprint density at radius 1 is 1.71 bits per heavy atom. The number of carbonyl (C=O) groups is 1. The van der Waals surface area contributed by atoms with Crippen molar-refractivity contribution in [1.82, 2.24) is 10.2 Å². The van der Waals surface area contributed by atoms with Crippen molar-refractivity contribution in [2.24, 2.45) is 0 Å². The number of thiophene rings is 1. The van der Waals surface area contributed by atoms with Crippen LogP contribution in [-0.2, 0) is 16.1 Å². The molecule has 1 aliphatic heterocycles. The lowest BCUT2D eigenvalue weighted by Crippen LogP contribution is -2.52. The third-order valence-electron chi connectivity index (χ3n) is 2.84. The number of ether oxygens (including phenoxy) is 1. The van der Waals surface area contributed by atoms with Crippen LogP contribution < -0.4 is 5.32 Å². The molecule has 0 spiro atoms. The van der Waals surface area contributed by atoms with E-state index in [-0.39, 0.29) is 11.9 Å². The fourth-order valence-electron chi connectivity index (χ4n) is 1.88. The fraction of sp³-hybridized carbons (Fsp3) is 0.583. The van der Waals surface area contributed by atoms with Gasteiger partial charge in [-0.1, -0.05) is 6.07 Å². The summed E-state index contributed by atoms with van der Waals surface area (Å²) in [6.07, 6.45) is 0. The Bertz CT molecular complexity index is 347. The van der Waals surface area contributed by atoms with E-state index in [1.807, 2.05) is 23.3 Å². The van der Waals surface area contributed by atoms with Crippen LogP contribution in [0.1, 0.15) is 11.8 Å². The van der Waals surface area contributed by atoms with Crippen LogP contribution in [0.2, 0.25) is 0 Å². The molecule has 2 heterocycles. The Hall–Kier alpha value is -0.910. The normalized spacial score (nSPS) is 20.2. The van der Waals surface area contributed by atoms with E-state index in [9.17, 15) is 4.79 Å². The number of nitrogens with one attached hydrogen (secondary N) is 1. The Kier molecular flexibility index (Phi) is 4.53. The molecule has 0 aliphatic carbocycles. The minimum absolute atomic E-state index is 0.139. The molecule has 1 unspecified atom stereocenters. The molecule has 1 aliphatic rings. The smallest absolute Gasteiger partial charge is 0.242 e. The first-order chi connectivity index (χ1) is 8.31. The first-order valence-corrected chi connectivity index (χ1v) is 6.81. The number of amides is 1. The van der Waals surface area contributed by atoms with Gasteiger partial charge in [-0.15, -0.1) is 11.3 Å². The standard InChI is InChI=1S/C12H18N2O2S/c1-2-14(8-10-4-3-7-17-10)12(15)11-9-16-6-5-13-11/h3-4,7,11,13H,2,5-6,8-9H2,1H3. The molecule has 1 saturated heterocycles. The lowest BCUT2D eigenvalue weighted by Gasteiger charge is -2.29. The Morgan fingerprint density at radius 2 is 2.59 bits per heavy atom. The fourth-order valence-corrected chi connectivity index (χ4v) is 2.60. The van der Waals surface area contributed by atoms with Crippen LogP contribution in [-0.4, -0.2) is 43.2 Å². The molecule has 4 nitrogen and oxygen atoms in total. The second-order valence-electron chi connectivity index (χ2n) is 4.01. The topological polar surface area (TPSA) is 41.6 Å². The summed E-state index contributed by atoms with van der Waals surface area (Å²) in [5.41, 5.74) is 0. The van der Waals surface area contributed by atoms with Crippen molar-refractivity contribution in [3.8, 4) is 0 Å². The van der Waals surface area contributed by atoms with Gasteiger partial charge in [0.15, 0.2) is 0 Å². The van der Waals surface area contributed by atoms with E-state index in [0.29, 0.717) is 19.8 Å². The van der Waals surface area contributed by atoms with Crippen molar-refractivity contribution in [3.63, 3.8) is 0 Å². The van der Waals surface area contributed by atoms with E-state index in [1.54, 1.807) is 11.3 Å². The van der Waals surface area contributed by atoms with Crippen molar-refractivity contribution >= 4 is 17.2 Å². The van der Waals surface area contributed by atoms with Gasteiger partial charge in [0, 0.05) is 18.0 Å². The van der Waals surface area contributed by atoms with Crippen LogP contribution in [0.4, 0.5) is 0 Å². The van der Waals surface area contributed by atoms with E-state index >= 15 is 0 Å². The maximum absolute atomic E-state index is 12.2. The SMILES string of the molecule is CCN(Cc1cccs1)C(=O)C1COCCN1. The second-order valence-corrected chi connectivity index (χ2v) is 5.05. The third-order valence-corrected chi connectivity index (χ3v) is 3.70.